The Morgan fingerprint density at radius 2 is 1.92 bits per heavy atom. The second-order valence-electron chi connectivity index (χ2n) is 6.87. The minimum absolute atomic E-state index is 0.173. The summed E-state index contributed by atoms with van der Waals surface area (Å²) in [6, 6.07) is 4.65. The van der Waals surface area contributed by atoms with Crippen molar-refractivity contribution in [3.63, 3.8) is 0 Å². The zero-order valence-corrected chi connectivity index (χ0v) is 16.8. The summed E-state index contributed by atoms with van der Waals surface area (Å²) in [7, 11) is -3.85. The molecule has 1 aliphatic rings. The van der Waals surface area contributed by atoms with Crippen LogP contribution in [-0.4, -0.2) is 27.9 Å². The van der Waals surface area contributed by atoms with E-state index in [1.54, 1.807) is 12.1 Å². The van der Waals surface area contributed by atoms with E-state index < -0.39 is 25.3 Å². The Labute approximate surface area is 163 Å². The van der Waals surface area contributed by atoms with Gasteiger partial charge in [0.1, 0.15) is 0 Å². The third kappa shape index (κ3) is 6.11. The Bertz CT molecular complexity index is 732. The maximum atomic E-state index is 12.7. The predicted octanol–water partition coefficient (Wildman–Crippen LogP) is 4.99. The number of rotatable bonds is 7. The van der Waals surface area contributed by atoms with E-state index in [0.29, 0.717) is 22.9 Å². The number of carbonyl (C=O) groups is 1. The van der Waals surface area contributed by atoms with E-state index in [1.165, 1.54) is 18.6 Å². The summed E-state index contributed by atoms with van der Waals surface area (Å²) in [5.41, 5.74) is 6.32. The quantitative estimate of drug-likeness (QED) is 0.426. The van der Waals surface area contributed by atoms with E-state index in [-0.39, 0.29) is 10.6 Å². The molecule has 0 bridgehead atoms. The fraction of sp³-hybridized carbons (Fsp3) is 0.500. The van der Waals surface area contributed by atoms with Crippen molar-refractivity contribution in [2.75, 3.05) is 6.16 Å². The predicted molar refractivity (Wildman–Crippen MR) is 106 cm³/mol. The first-order valence-electron chi connectivity index (χ1n) is 8.65. The summed E-state index contributed by atoms with van der Waals surface area (Å²) in [5.74, 6) is -1.83. The highest BCUT2D eigenvalue weighted by Crippen LogP contribution is 2.49. The summed E-state index contributed by atoms with van der Waals surface area (Å²) in [6.07, 6.45) is 6.76. The fourth-order valence-corrected chi connectivity index (χ4v) is 5.15. The van der Waals surface area contributed by atoms with Gasteiger partial charge in [0, 0.05) is 5.57 Å². The fourth-order valence-electron chi connectivity index (χ4n) is 3.27. The zero-order valence-electron chi connectivity index (χ0n) is 14.4. The molecule has 1 aromatic rings. The summed E-state index contributed by atoms with van der Waals surface area (Å²) in [5, 5.41) is 10.1. The number of carboxylic acid groups (broad SMARTS) is 1. The molecule has 0 amide bonds. The van der Waals surface area contributed by atoms with Crippen molar-refractivity contribution in [1.82, 2.24) is 0 Å². The van der Waals surface area contributed by atoms with Crippen LogP contribution in [0.3, 0.4) is 0 Å². The standard InChI is InChI=1S/C18H24Cl2NO4P/c19-15-7-6-13(9-16(15)20)8-14(18(22)23)11-26(24,25)17(21)10-12-4-2-1-3-5-12/h6-9,12,17H,1-5,10-11,21H2,(H,22,23)(H,24,25)/b14-8+. The highest BCUT2D eigenvalue weighted by Gasteiger charge is 2.32. The van der Waals surface area contributed by atoms with Gasteiger partial charge in [-0.25, -0.2) is 4.79 Å². The van der Waals surface area contributed by atoms with Gasteiger partial charge in [-0.15, -0.1) is 0 Å². The third-order valence-electron chi connectivity index (χ3n) is 4.77. The molecule has 1 saturated carbocycles. The van der Waals surface area contributed by atoms with E-state index in [4.69, 9.17) is 28.9 Å². The molecule has 26 heavy (non-hydrogen) atoms. The molecule has 0 spiro atoms. The molecule has 0 aromatic heterocycles. The lowest BCUT2D eigenvalue weighted by molar-refractivity contribution is -0.132. The molecule has 0 radical (unpaired) electrons. The van der Waals surface area contributed by atoms with Gasteiger partial charge >= 0.3 is 5.97 Å². The van der Waals surface area contributed by atoms with Crippen molar-refractivity contribution in [3.05, 3.63) is 39.4 Å². The molecule has 4 N–H and O–H groups in total. The SMILES string of the molecule is NC(CC1CCCCC1)P(=O)(O)C/C(=C\c1ccc(Cl)c(Cl)c1)C(=O)O. The van der Waals surface area contributed by atoms with Crippen LogP contribution in [0.4, 0.5) is 0 Å². The molecule has 0 heterocycles. The zero-order chi connectivity index (χ0) is 19.3. The molecule has 5 nitrogen and oxygen atoms in total. The Morgan fingerprint density at radius 1 is 1.27 bits per heavy atom. The molecule has 8 heteroatoms. The van der Waals surface area contributed by atoms with Gasteiger partial charge in [-0.05, 0) is 36.1 Å². The first-order chi connectivity index (χ1) is 12.2. The van der Waals surface area contributed by atoms with Crippen LogP contribution in [-0.2, 0) is 9.36 Å². The number of nitrogens with two attached hydrogens (primary N) is 1. The topological polar surface area (TPSA) is 101 Å². The Morgan fingerprint density at radius 3 is 2.50 bits per heavy atom. The largest absolute Gasteiger partial charge is 0.478 e. The number of halogens is 2. The minimum atomic E-state index is -3.85. The summed E-state index contributed by atoms with van der Waals surface area (Å²) < 4.78 is 12.7. The number of aliphatic carboxylic acids is 1. The Kier molecular flexibility index (Phi) is 7.75. The Balaban J connectivity index is 2.13. The van der Waals surface area contributed by atoms with Gasteiger partial charge < -0.3 is 15.7 Å². The summed E-state index contributed by atoms with van der Waals surface area (Å²) in [4.78, 5) is 21.9. The van der Waals surface area contributed by atoms with Gasteiger partial charge in [0.2, 0.25) is 7.37 Å². The first kappa shape index (κ1) is 21.5. The van der Waals surface area contributed by atoms with Crippen LogP contribution in [0.5, 0.6) is 0 Å². The van der Waals surface area contributed by atoms with Gasteiger partial charge in [0.05, 0.1) is 22.0 Å². The monoisotopic (exact) mass is 419 g/mol. The lowest BCUT2D eigenvalue weighted by Crippen LogP contribution is -2.27. The lowest BCUT2D eigenvalue weighted by atomic mass is 9.87. The van der Waals surface area contributed by atoms with E-state index in [0.717, 1.165) is 25.7 Å². The number of hydrogen-bond donors (Lipinski definition) is 3. The lowest BCUT2D eigenvalue weighted by Gasteiger charge is -2.27. The van der Waals surface area contributed by atoms with Crippen LogP contribution in [0.25, 0.3) is 6.08 Å². The van der Waals surface area contributed by atoms with Gasteiger partial charge in [-0.2, -0.15) is 0 Å². The number of benzene rings is 1. The molecule has 0 saturated heterocycles. The van der Waals surface area contributed by atoms with E-state index in [1.807, 2.05) is 0 Å². The smallest absolute Gasteiger partial charge is 0.332 e. The number of hydrogen-bond acceptors (Lipinski definition) is 3. The third-order valence-corrected chi connectivity index (χ3v) is 7.55. The van der Waals surface area contributed by atoms with E-state index in [2.05, 4.69) is 0 Å². The van der Waals surface area contributed by atoms with Gasteiger partial charge in [0.15, 0.2) is 0 Å². The second kappa shape index (κ2) is 9.38. The van der Waals surface area contributed by atoms with Crippen LogP contribution in [0.2, 0.25) is 10.0 Å². The van der Waals surface area contributed by atoms with Crippen LogP contribution in [0.15, 0.2) is 23.8 Å². The molecule has 1 fully saturated rings. The number of carboxylic acids is 1. The van der Waals surface area contributed by atoms with Gasteiger partial charge in [0.25, 0.3) is 0 Å². The molecule has 1 aromatic carbocycles. The normalized spacial score (nSPS) is 19.8. The maximum absolute atomic E-state index is 12.7. The molecule has 2 unspecified atom stereocenters. The van der Waals surface area contributed by atoms with Crippen molar-refractivity contribution < 1.29 is 19.4 Å². The van der Waals surface area contributed by atoms with Gasteiger partial charge in [-0.3, -0.25) is 4.57 Å². The molecule has 0 aliphatic heterocycles. The van der Waals surface area contributed by atoms with Crippen molar-refractivity contribution in [1.29, 1.82) is 0 Å². The van der Waals surface area contributed by atoms with Crippen molar-refractivity contribution >= 4 is 42.6 Å². The molecule has 2 rings (SSSR count). The minimum Gasteiger partial charge on any atom is -0.478 e. The maximum Gasteiger partial charge on any atom is 0.332 e. The van der Waals surface area contributed by atoms with E-state index in [9.17, 15) is 19.4 Å². The average molecular weight is 420 g/mol. The molecular formula is C18H24Cl2NO4P. The van der Waals surface area contributed by atoms with Crippen molar-refractivity contribution in [2.45, 2.75) is 44.3 Å². The molecule has 1 aliphatic carbocycles. The highest BCUT2D eigenvalue weighted by atomic mass is 35.5. The molecule has 2 atom stereocenters. The van der Waals surface area contributed by atoms with Crippen LogP contribution >= 0.6 is 30.6 Å². The second-order valence-corrected chi connectivity index (χ2v) is 10.2. The highest BCUT2D eigenvalue weighted by molar-refractivity contribution is 7.59. The van der Waals surface area contributed by atoms with Crippen molar-refractivity contribution in [2.24, 2.45) is 11.7 Å². The summed E-state index contributed by atoms with van der Waals surface area (Å²) >= 11 is 11.8. The van der Waals surface area contributed by atoms with Gasteiger partial charge in [-0.1, -0.05) is 61.4 Å². The Hall–Kier alpha value is -0.840. The van der Waals surface area contributed by atoms with Crippen LogP contribution in [0.1, 0.15) is 44.1 Å². The van der Waals surface area contributed by atoms with Crippen molar-refractivity contribution in [3.8, 4) is 0 Å². The summed E-state index contributed by atoms with van der Waals surface area (Å²) in [6.45, 7) is 0. The van der Waals surface area contributed by atoms with Crippen LogP contribution < -0.4 is 5.73 Å². The van der Waals surface area contributed by atoms with Crippen LogP contribution in [0, 0.1) is 5.92 Å². The molecule has 144 valence electrons. The molecular weight excluding hydrogens is 396 g/mol. The van der Waals surface area contributed by atoms with E-state index >= 15 is 0 Å². The first-order valence-corrected chi connectivity index (χ1v) is 11.3. The average Bonchev–Trinajstić information content (AvgIpc) is 2.58.